The van der Waals surface area contributed by atoms with Crippen molar-refractivity contribution in [3.63, 3.8) is 0 Å². The van der Waals surface area contributed by atoms with Gasteiger partial charge in [0.25, 0.3) is 0 Å². The Bertz CT molecular complexity index is 8.88. The van der Waals surface area contributed by atoms with Crippen LogP contribution in [0.25, 0.3) is 0 Å². The van der Waals surface area contributed by atoms with E-state index in [0.717, 1.165) is 0 Å². The van der Waals surface area contributed by atoms with Crippen LogP contribution in [0, 0.1) is 0 Å². The summed E-state index contributed by atoms with van der Waals surface area (Å²) < 4.78 is 0. The molecule has 0 unspecified atom stereocenters. The van der Waals surface area contributed by atoms with Crippen LogP contribution in [0.1, 0.15) is 0 Å². The van der Waals surface area contributed by atoms with E-state index in [2.05, 4.69) is 0 Å². The average Bonchev–Trinajstić information content (AvgIpc) is 0. The second-order valence-electron chi connectivity index (χ2n) is 0. The molecule has 0 saturated carbocycles. The molecule has 9 heteroatoms. The molecule has 0 heterocycles. The molecule has 0 aliphatic carbocycles. The predicted octanol–water partition coefficient (Wildman–Crippen LogP) is -9.13. The first-order valence-corrected chi connectivity index (χ1v) is 0. The third-order valence-corrected chi connectivity index (χ3v) is 0. The van der Waals surface area contributed by atoms with Crippen LogP contribution in [0.15, 0.2) is 0 Å². The Labute approximate surface area is 114 Å². The summed E-state index contributed by atoms with van der Waals surface area (Å²) in [6.07, 6.45) is 0. The van der Waals surface area contributed by atoms with Gasteiger partial charge in [0.05, 0.1) is 0 Å². The molecule has 0 nitrogen and oxygen atoms in total. The number of rotatable bonds is 0. The zero-order valence-electron chi connectivity index (χ0n) is 3.34. The summed E-state index contributed by atoms with van der Waals surface area (Å²) in [7, 11) is 0. The van der Waals surface area contributed by atoms with E-state index in [9.17, 15) is 0 Å². The van der Waals surface area contributed by atoms with Crippen molar-refractivity contribution in [1.82, 2.24) is 0 Å². The van der Waals surface area contributed by atoms with Crippen molar-refractivity contribution >= 4 is 78.0 Å². The molecule has 0 aliphatic rings. The molecule has 0 bridgehead atoms. The summed E-state index contributed by atoms with van der Waals surface area (Å²) in [4.78, 5) is 0. The van der Waals surface area contributed by atoms with Gasteiger partial charge in [0, 0.05) is 0 Å². The smallest absolute Gasteiger partial charge is 1.00 e. The monoisotopic (exact) mass is 308 g/mol. The molecule has 0 N–H and O–H groups in total. The molecule has 0 aliphatic heterocycles. The summed E-state index contributed by atoms with van der Waals surface area (Å²) in [6, 6.07) is 0. The van der Waals surface area contributed by atoms with Gasteiger partial charge in [-0.05, 0) is 11.0 Å². The van der Waals surface area contributed by atoms with Crippen molar-refractivity contribution in [3.8, 4) is 0 Å². The van der Waals surface area contributed by atoms with Crippen LogP contribution < -0.4 is 37.2 Å². The number of hydrogen-bond donors (Lipinski definition) is 0. The van der Waals surface area contributed by atoms with E-state index >= 15 is 0 Å². The molecule has 0 rings (SSSR count). The first kappa shape index (κ1) is 177. The molecule has 64 valence electrons. The van der Waals surface area contributed by atoms with E-state index in [1.165, 1.54) is 0 Å². The van der Waals surface area contributed by atoms with Gasteiger partial charge in [0.15, 0.2) is 0 Å². The minimum Gasteiger partial charge on any atom is -1.00 e. The molecule has 0 spiro atoms. The van der Waals surface area contributed by atoms with Crippen molar-refractivity contribution in [3.05, 3.63) is 0 Å². The van der Waals surface area contributed by atoms with Gasteiger partial charge in [-0.2, -0.15) is 0 Å². The molecule has 0 amide bonds. The van der Waals surface area contributed by atoms with Crippen LogP contribution in [0.4, 0.5) is 0 Å². The molecule has 0 radical (unpaired) electrons. The first-order valence-electron chi connectivity index (χ1n) is 0. The van der Waals surface area contributed by atoms with Crippen molar-refractivity contribution in [2.75, 3.05) is 0 Å². The van der Waals surface area contributed by atoms with Crippen LogP contribution in [0.3, 0.4) is 0 Å². The first-order chi connectivity index (χ1) is 0. The molecule has 0 aromatic heterocycles. The molecule has 0 aromatic rings. The van der Waals surface area contributed by atoms with Crippen LogP contribution in [-0.2, 0) is 0 Å². The zero-order valence-corrected chi connectivity index (χ0v) is 10.0. The maximum Gasteiger partial charge on any atom is 3.00 e. The Hall–Kier alpha value is 2.78. The topological polar surface area (TPSA) is 0 Å². The van der Waals surface area contributed by atoms with Crippen LogP contribution >= 0.6 is 49.6 Å². The third-order valence-electron chi connectivity index (χ3n) is 0. The van der Waals surface area contributed by atoms with Gasteiger partial charge in [-0.25, -0.2) is 0 Å². The summed E-state index contributed by atoms with van der Waals surface area (Å²) in [6.45, 7) is 0. The second kappa shape index (κ2) is 133. The van der Waals surface area contributed by atoms with E-state index in [4.69, 9.17) is 0 Å². The molecule has 0 aromatic carbocycles. The Balaban J connectivity index is 0. The van der Waals surface area contributed by atoms with Gasteiger partial charge in [-0.1, -0.05) is 0 Å². The summed E-state index contributed by atoms with van der Waals surface area (Å²) in [5, 5.41) is 0. The molecular weight excluding hydrogens is 303 g/mol. The van der Waals surface area contributed by atoms with Crippen molar-refractivity contribution < 1.29 is 37.2 Å². The average molecular weight is 311 g/mol. The van der Waals surface area contributed by atoms with Gasteiger partial charge in [0.2, 0.25) is 0 Å². The Morgan fingerprint density at radius 1 is 0.444 bits per heavy atom. The summed E-state index contributed by atoms with van der Waals surface area (Å²) >= 11 is 0. The van der Waals surface area contributed by atoms with Gasteiger partial charge < -0.3 is 37.2 Å². The second-order valence-corrected chi connectivity index (χ2v) is 0. The van der Waals surface area contributed by atoms with Crippen LogP contribution in [0.5, 0.6) is 0 Å². The predicted molar refractivity (Wildman–Crippen MR) is 46.1 cm³/mol. The van der Waals surface area contributed by atoms with Gasteiger partial charge in [-0.15, -0.1) is 49.6 Å². The van der Waals surface area contributed by atoms with E-state index in [1.54, 1.807) is 0 Å². The Morgan fingerprint density at radius 3 is 0.444 bits per heavy atom. The van der Waals surface area contributed by atoms with Crippen molar-refractivity contribution in [1.29, 1.82) is 0 Å². The molecule has 9 heavy (non-hydrogen) atoms. The fourth-order valence-electron chi connectivity index (χ4n) is 0. The SMILES string of the molecule is Cl.Cl.Cl.Cl.[Al+3].[Cl-].[Cl-].[Cl-].[SiH4]. The van der Waals surface area contributed by atoms with E-state index < -0.39 is 0 Å². The molecule has 0 saturated heterocycles. The molecule has 0 atom stereocenters. The Kier molecular flexibility index (Phi) is 2630. The molecule has 0 fully saturated rings. The molecular formula is H8AlCl7Si. The van der Waals surface area contributed by atoms with Crippen molar-refractivity contribution in [2.45, 2.75) is 0 Å². The summed E-state index contributed by atoms with van der Waals surface area (Å²) in [5.41, 5.74) is 0. The van der Waals surface area contributed by atoms with Crippen LogP contribution in [-0.4, -0.2) is 28.3 Å². The van der Waals surface area contributed by atoms with E-state index in [1.807, 2.05) is 0 Å². The fraction of sp³-hybridized carbons (Fsp3) is 0. The standard InChI is InChI=1S/Al.7ClH.H4Si/h;7*1H;1H4/q+3;;;;;;;;/p-3. The minimum absolute atomic E-state index is 0. The normalized spacial score (nSPS) is 0. The van der Waals surface area contributed by atoms with E-state index in [0.29, 0.717) is 0 Å². The maximum absolute atomic E-state index is 0. The van der Waals surface area contributed by atoms with Gasteiger partial charge in [0.1, 0.15) is 0 Å². The Morgan fingerprint density at radius 2 is 0.444 bits per heavy atom. The third kappa shape index (κ3) is 108. The minimum atomic E-state index is 0. The van der Waals surface area contributed by atoms with Gasteiger partial charge in [-0.3, -0.25) is 0 Å². The van der Waals surface area contributed by atoms with Crippen LogP contribution in [0.2, 0.25) is 0 Å². The zero-order chi connectivity index (χ0) is 0. The largest absolute Gasteiger partial charge is 3.00 e. The quantitative estimate of drug-likeness (QED) is 0.390. The fourth-order valence-corrected chi connectivity index (χ4v) is 0. The number of halogens is 7. The summed E-state index contributed by atoms with van der Waals surface area (Å²) in [5.74, 6) is 0. The maximum atomic E-state index is 0. The van der Waals surface area contributed by atoms with Gasteiger partial charge >= 0.3 is 17.4 Å². The van der Waals surface area contributed by atoms with E-state index in [-0.39, 0.29) is 115 Å². The van der Waals surface area contributed by atoms with Crippen molar-refractivity contribution in [2.24, 2.45) is 0 Å². The number of hydrogen-bond acceptors (Lipinski definition) is 0.